The highest BCUT2D eigenvalue weighted by molar-refractivity contribution is 5.90. The molecular formula is C40H46N4O12. The summed E-state index contributed by atoms with van der Waals surface area (Å²) in [5.74, 6) is 0.364. The maximum atomic E-state index is 13.4. The molecule has 298 valence electrons. The fraction of sp³-hybridized carbons (Fsp3) is 0.275. The summed E-state index contributed by atoms with van der Waals surface area (Å²) in [6.07, 6.45) is 20.0. The summed E-state index contributed by atoms with van der Waals surface area (Å²) in [7, 11) is 9.34. The first kappa shape index (κ1) is 43.4. The van der Waals surface area contributed by atoms with E-state index in [0.717, 1.165) is 11.1 Å². The predicted octanol–water partition coefficient (Wildman–Crippen LogP) is 4.23. The molecule has 0 bridgehead atoms. The second-order valence-corrected chi connectivity index (χ2v) is 11.6. The largest absolute Gasteiger partial charge is 0.493 e. The maximum Gasteiger partial charge on any atom is 0.328 e. The van der Waals surface area contributed by atoms with Gasteiger partial charge >= 0.3 is 11.9 Å². The number of carbonyl (C=O) groups excluding carboxylic acids is 2. The fourth-order valence-corrected chi connectivity index (χ4v) is 5.49. The molecule has 3 aromatic rings. The number of carbonyl (C=O) groups is 4. The summed E-state index contributed by atoms with van der Waals surface area (Å²) in [4.78, 5) is 53.3. The van der Waals surface area contributed by atoms with Gasteiger partial charge in [-0.3, -0.25) is 9.59 Å². The van der Waals surface area contributed by atoms with Crippen molar-refractivity contribution in [3.8, 4) is 34.5 Å². The average Bonchev–Trinajstić information content (AvgIpc) is 3.72. The van der Waals surface area contributed by atoms with Crippen LogP contribution in [0.1, 0.15) is 11.1 Å². The second kappa shape index (κ2) is 22.3. The van der Waals surface area contributed by atoms with Crippen LogP contribution in [0.15, 0.2) is 91.6 Å². The van der Waals surface area contributed by atoms with Gasteiger partial charge in [-0.15, -0.1) is 0 Å². The first-order valence-electron chi connectivity index (χ1n) is 17.0. The van der Waals surface area contributed by atoms with Crippen molar-refractivity contribution in [2.45, 2.75) is 12.6 Å². The number of aromatic nitrogens is 2. The third-order valence-electron chi connectivity index (χ3n) is 8.08. The van der Waals surface area contributed by atoms with Gasteiger partial charge in [0.2, 0.25) is 23.3 Å². The van der Waals surface area contributed by atoms with E-state index >= 15 is 0 Å². The molecule has 56 heavy (non-hydrogen) atoms. The highest BCUT2D eigenvalue weighted by Crippen LogP contribution is 2.39. The number of benzene rings is 2. The van der Waals surface area contributed by atoms with Crippen LogP contribution < -0.4 is 28.4 Å². The summed E-state index contributed by atoms with van der Waals surface area (Å²) < 4.78 is 34.3. The molecule has 0 spiro atoms. The topological polar surface area (TPSA) is 188 Å². The van der Waals surface area contributed by atoms with Gasteiger partial charge in [-0.2, -0.15) is 0 Å². The number of amides is 2. The van der Waals surface area contributed by atoms with E-state index in [2.05, 4.69) is 4.98 Å². The number of rotatable bonds is 16. The van der Waals surface area contributed by atoms with Gasteiger partial charge in [0.05, 0.1) is 55.0 Å². The number of allylic oxidation sites excluding steroid dienone is 4. The van der Waals surface area contributed by atoms with Gasteiger partial charge in [0.15, 0.2) is 23.0 Å². The molecule has 1 aliphatic heterocycles. The number of hydrogen-bond donors (Lipinski definition) is 2. The standard InChI is InChI=1S/C36H42N4O8.C4H4O4/c1-43-29-19-26(20-30(44-2)35(29)47-5)11-7-9-13-33(41)39-17-18-40(28(24-39)23-38-16-15-37-25-38)34(42)14-10-8-12-27-21-31(45-3)36(48-6)32(22-27)46-4;5-3(6)1-2-4(7)8/h7-16,19-22,25,28H,17-18,23-24H2,1-6H3;1-2H,(H,5,6)(H,7,8)/b11-7+,12-8+,13-9+,14-10+;2-1+. The van der Waals surface area contributed by atoms with Crippen LogP contribution in [0.25, 0.3) is 12.2 Å². The third-order valence-corrected chi connectivity index (χ3v) is 8.08. The zero-order valence-corrected chi connectivity index (χ0v) is 32.0. The van der Waals surface area contributed by atoms with Crippen LogP contribution in [0, 0.1) is 0 Å². The molecule has 1 saturated heterocycles. The van der Waals surface area contributed by atoms with E-state index in [1.54, 1.807) is 89.3 Å². The molecule has 1 unspecified atom stereocenters. The molecule has 16 nitrogen and oxygen atoms in total. The molecule has 0 radical (unpaired) electrons. The van der Waals surface area contributed by atoms with Crippen molar-refractivity contribution in [2.75, 3.05) is 62.3 Å². The molecule has 2 heterocycles. The van der Waals surface area contributed by atoms with E-state index in [0.29, 0.717) is 72.8 Å². The minimum absolute atomic E-state index is 0.143. The SMILES string of the molecule is COc1cc(/C=C/C=C/C(=O)N2CCN(C(=O)/C=C/C=C/c3cc(OC)c(OC)c(OC)c3)C(Cn3ccnc3)C2)cc(OC)c1OC.O=C(O)/C=C/C(=O)O. The Morgan fingerprint density at radius 3 is 1.52 bits per heavy atom. The van der Waals surface area contributed by atoms with Crippen LogP contribution in [-0.4, -0.2) is 122 Å². The van der Waals surface area contributed by atoms with E-state index < -0.39 is 11.9 Å². The Morgan fingerprint density at radius 2 is 1.12 bits per heavy atom. The predicted molar refractivity (Wildman–Crippen MR) is 207 cm³/mol. The van der Waals surface area contributed by atoms with Gasteiger partial charge < -0.3 is 53.0 Å². The fourth-order valence-electron chi connectivity index (χ4n) is 5.49. The van der Waals surface area contributed by atoms with Crippen molar-refractivity contribution < 1.29 is 57.8 Å². The highest BCUT2D eigenvalue weighted by atomic mass is 16.5. The summed E-state index contributed by atoms with van der Waals surface area (Å²) in [6, 6.07) is 7.03. The van der Waals surface area contributed by atoms with Gasteiger partial charge in [0.1, 0.15) is 0 Å². The van der Waals surface area contributed by atoms with Crippen molar-refractivity contribution >= 4 is 35.9 Å². The lowest BCUT2D eigenvalue weighted by molar-refractivity contribution is -0.137. The molecule has 0 aliphatic carbocycles. The lowest BCUT2D eigenvalue weighted by Crippen LogP contribution is -2.57. The Hall–Kier alpha value is -6.97. The van der Waals surface area contributed by atoms with Gasteiger partial charge in [0, 0.05) is 62.9 Å². The number of carboxylic acid groups (broad SMARTS) is 2. The van der Waals surface area contributed by atoms with Gasteiger partial charge in [-0.25, -0.2) is 14.6 Å². The maximum absolute atomic E-state index is 13.4. The van der Waals surface area contributed by atoms with Crippen LogP contribution >= 0.6 is 0 Å². The van der Waals surface area contributed by atoms with E-state index in [-0.39, 0.29) is 17.9 Å². The molecule has 2 amide bonds. The first-order valence-corrected chi connectivity index (χ1v) is 17.0. The van der Waals surface area contributed by atoms with Crippen LogP contribution in [0.5, 0.6) is 34.5 Å². The summed E-state index contributed by atoms with van der Waals surface area (Å²) in [6.45, 7) is 1.66. The van der Waals surface area contributed by atoms with Crippen molar-refractivity contribution in [3.05, 3.63) is 103 Å². The molecular weight excluding hydrogens is 728 g/mol. The van der Waals surface area contributed by atoms with E-state index in [1.165, 1.54) is 12.2 Å². The number of ether oxygens (including phenoxy) is 6. The zero-order chi connectivity index (χ0) is 41.0. The summed E-state index contributed by atoms with van der Waals surface area (Å²) in [5.41, 5.74) is 1.64. The van der Waals surface area contributed by atoms with Crippen LogP contribution in [0.2, 0.25) is 0 Å². The zero-order valence-electron chi connectivity index (χ0n) is 32.0. The molecule has 2 N–H and O–H groups in total. The molecule has 16 heteroatoms. The number of aliphatic carboxylic acids is 2. The quantitative estimate of drug-likeness (QED) is 0.156. The number of nitrogens with zero attached hydrogens (tertiary/aromatic N) is 4. The van der Waals surface area contributed by atoms with Gasteiger partial charge in [-0.1, -0.05) is 36.5 Å². The Balaban J connectivity index is 0.000000946. The second-order valence-electron chi connectivity index (χ2n) is 11.6. The molecule has 0 saturated carbocycles. The van der Waals surface area contributed by atoms with Crippen molar-refractivity contribution in [1.29, 1.82) is 0 Å². The normalized spacial score (nSPS) is 14.3. The molecule has 1 fully saturated rings. The number of piperazine rings is 1. The van der Waals surface area contributed by atoms with Crippen LogP contribution in [0.4, 0.5) is 0 Å². The van der Waals surface area contributed by atoms with E-state index in [9.17, 15) is 19.2 Å². The lowest BCUT2D eigenvalue weighted by Gasteiger charge is -2.41. The Morgan fingerprint density at radius 1 is 0.661 bits per heavy atom. The van der Waals surface area contributed by atoms with Crippen LogP contribution in [0.3, 0.4) is 0 Å². The minimum atomic E-state index is -1.26. The average molecular weight is 775 g/mol. The third kappa shape index (κ3) is 12.9. The van der Waals surface area contributed by atoms with Crippen LogP contribution in [-0.2, 0) is 25.7 Å². The lowest BCUT2D eigenvalue weighted by atomic mass is 10.1. The molecule has 4 rings (SSSR count). The smallest absolute Gasteiger partial charge is 0.328 e. The molecule has 1 aromatic heterocycles. The van der Waals surface area contributed by atoms with E-state index in [1.807, 2.05) is 47.2 Å². The highest BCUT2D eigenvalue weighted by Gasteiger charge is 2.31. The Kier molecular flexibility index (Phi) is 17.3. The molecule has 1 atom stereocenters. The van der Waals surface area contributed by atoms with Gasteiger partial charge in [-0.05, 0) is 35.4 Å². The molecule has 1 aliphatic rings. The van der Waals surface area contributed by atoms with Crippen molar-refractivity contribution in [2.24, 2.45) is 0 Å². The minimum Gasteiger partial charge on any atom is -0.493 e. The number of carboxylic acids is 2. The van der Waals surface area contributed by atoms with Crippen molar-refractivity contribution in [1.82, 2.24) is 19.4 Å². The number of methoxy groups -OCH3 is 6. The van der Waals surface area contributed by atoms with E-state index in [4.69, 9.17) is 38.6 Å². The Bertz CT molecular complexity index is 1880. The Labute approximate surface area is 324 Å². The number of imidazole rings is 1. The summed E-state index contributed by atoms with van der Waals surface area (Å²) in [5, 5.41) is 15.6. The van der Waals surface area contributed by atoms with Gasteiger partial charge in [0.25, 0.3) is 0 Å². The summed E-state index contributed by atoms with van der Waals surface area (Å²) >= 11 is 0. The first-order chi connectivity index (χ1) is 27.0. The molecule has 2 aromatic carbocycles. The van der Waals surface area contributed by atoms with Crippen molar-refractivity contribution in [3.63, 3.8) is 0 Å². The monoisotopic (exact) mass is 774 g/mol. The number of hydrogen-bond acceptors (Lipinski definition) is 11.